The maximum Gasteiger partial charge on any atom is 0.502 e. The lowest BCUT2D eigenvalue weighted by atomic mass is 10.1. The molecule has 0 radical (unpaired) electrons. The van der Waals surface area contributed by atoms with Gasteiger partial charge in [0.15, 0.2) is 9.80 Å². The minimum absolute atomic E-state index is 0.314. The van der Waals surface area contributed by atoms with Crippen LogP contribution in [0.3, 0.4) is 0 Å². The number of benzene rings is 2. The molecule has 1 atom stereocenters. The van der Waals surface area contributed by atoms with Crippen LogP contribution < -0.4 is 4.90 Å². The van der Waals surface area contributed by atoms with Crippen LogP contribution in [0.25, 0.3) is 0 Å². The second-order valence-corrected chi connectivity index (χ2v) is 10.7. The average molecular weight is 489 g/mol. The largest absolute Gasteiger partial charge is 0.502 e. The first kappa shape index (κ1) is 25.0. The third-order valence-electron chi connectivity index (χ3n) is 4.21. The molecule has 0 spiro atoms. The van der Waals surface area contributed by atoms with Gasteiger partial charge >= 0.3 is 11.0 Å². The Morgan fingerprint density at radius 1 is 0.839 bits per heavy atom. The van der Waals surface area contributed by atoms with E-state index in [0.29, 0.717) is 12.2 Å². The molecule has 0 bridgehead atoms. The maximum absolute atomic E-state index is 12.9. The molecule has 0 fully saturated rings. The Bertz CT molecular complexity index is 1130. The molecular formula is C18H17F6NO4S2. The highest BCUT2D eigenvalue weighted by Gasteiger charge is 2.55. The van der Waals surface area contributed by atoms with Gasteiger partial charge in [0.2, 0.25) is 0 Å². The van der Waals surface area contributed by atoms with Gasteiger partial charge in [-0.05, 0) is 23.3 Å². The van der Waals surface area contributed by atoms with Crippen molar-refractivity contribution in [2.45, 2.75) is 24.0 Å². The van der Waals surface area contributed by atoms with E-state index in [0.717, 1.165) is 17.7 Å². The minimum Gasteiger partial charge on any atom is -0.370 e. The molecule has 0 amide bonds. The molecule has 1 N–H and O–H groups in total. The van der Waals surface area contributed by atoms with Crippen molar-refractivity contribution in [1.82, 2.24) is 0 Å². The highest BCUT2D eigenvalue weighted by Crippen LogP contribution is 2.32. The van der Waals surface area contributed by atoms with E-state index >= 15 is 0 Å². The molecular weight excluding hydrogens is 472 g/mol. The Morgan fingerprint density at radius 3 is 1.81 bits per heavy atom. The second kappa shape index (κ2) is 8.71. The van der Waals surface area contributed by atoms with Gasteiger partial charge in [0.1, 0.15) is 4.20 Å². The number of halogens is 6. The van der Waals surface area contributed by atoms with Crippen molar-refractivity contribution in [3.63, 3.8) is 0 Å². The molecule has 2 aromatic rings. The van der Waals surface area contributed by atoms with Crippen LogP contribution in [-0.4, -0.2) is 39.4 Å². The van der Waals surface area contributed by atoms with Gasteiger partial charge in [0.25, 0.3) is 9.84 Å². The molecule has 0 saturated heterocycles. The van der Waals surface area contributed by atoms with Gasteiger partial charge in [-0.2, -0.15) is 26.3 Å². The number of rotatable bonds is 5. The summed E-state index contributed by atoms with van der Waals surface area (Å²) in [4.78, 5) is 1.74. The Balaban J connectivity index is 2.41. The quantitative estimate of drug-likeness (QED) is 0.503. The SMILES string of the molecule is CN(Cc1ccccc1)c1ccc(CC(S(=O)(=O)C(F)(F)F)=S(=O)(O)C(F)(F)F)cc1. The van der Waals surface area contributed by atoms with E-state index in [9.17, 15) is 43.5 Å². The fraction of sp³-hybridized carbons (Fsp3) is 0.278. The molecule has 0 heterocycles. The van der Waals surface area contributed by atoms with Gasteiger partial charge in [-0.1, -0.05) is 42.5 Å². The molecule has 0 aliphatic carbocycles. The monoisotopic (exact) mass is 489 g/mol. The molecule has 1 unspecified atom stereocenters. The van der Waals surface area contributed by atoms with Crippen LogP contribution in [0.4, 0.5) is 32.0 Å². The fourth-order valence-electron chi connectivity index (χ4n) is 2.58. The molecule has 2 rings (SSSR count). The van der Waals surface area contributed by atoms with Gasteiger partial charge < -0.3 is 9.45 Å². The van der Waals surface area contributed by atoms with E-state index in [1.54, 1.807) is 11.9 Å². The summed E-state index contributed by atoms with van der Waals surface area (Å²) in [5, 5.41) is 0. The number of alkyl halides is 6. The van der Waals surface area contributed by atoms with Crippen molar-refractivity contribution in [1.29, 1.82) is 0 Å². The average Bonchev–Trinajstić information content (AvgIpc) is 2.65. The van der Waals surface area contributed by atoms with Crippen molar-refractivity contribution < 1.29 is 43.5 Å². The van der Waals surface area contributed by atoms with Crippen molar-refractivity contribution >= 4 is 29.5 Å². The zero-order valence-corrected chi connectivity index (χ0v) is 17.4. The number of sulfone groups is 1. The summed E-state index contributed by atoms with van der Waals surface area (Å²) < 4.78 is 119. The first-order chi connectivity index (χ1) is 14.1. The predicted molar refractivity (Wildman–Crippen MR) is 106 cm³/mol. The number of anilines is 1. The normalized spacial score (nSPS) is 14.7. The Kier molecular flexibility index (Phi) is 7.03. The van der Waals surface area contributed by atoms with Crippen molar-refractivity contribution in [3.05, 3.63) is 65.7 Å². The minimum atomic E-state index is -6.68. The smallest absolute Gasteiger partial charge is 0.370 e. The molecule has 0 aliphatic rings. The van der Waals surface area contributed by atoms with Gasteiger partial charge in [0.05, 0.1) is 0 Å². The molecule has 172 valence electrons. The molecule has 0 saturated carbocycles. The summed E-state index contributed by atoms with van der Waals surface area (Å²) in [6, 6.07) is 14.0. The number of hydrogen-bond donors (Lipinski definition) is 1. The van der Waals surface area contributed by atoms with Crippen LogP contribution in [0.5, 0.6) is 0 Å². The standard InChI is InChI=1S/C18H17F6NO4S2/c1-25(12-14-5-3-2-4-6-14)15-9-7-13(8-10-15)11-16(30(26,27)17(19,20)21)31(28,29)18(22,23)24/h2-10H,11-12H2,1H3,(H,26,27). The highest BCUT2D eigenvalue weighted by molar-refractivity contribution is 8.22. The van der Waals surface area contributed by atoms with Crippen LogP contribution in [0.2, 0.25) is 0 Å². The topological polar surface area (TPSA) is 74.7 Å². The lowest BCUT2D eigenvalue weighted by Gasteiger charge is -2.20. The molecule has 13 heteroatoms. The lowest BCUT2D eigenvalue weighted by Crippen LogP contribution is -2.40. The summed E-state index contributed by atoms with van der Waals surface area (Å²) in [6.07, 6.45) is -1.53. The summed E-state index contributed by atoms with van der Waals surface area (Å²) >= 11 is 0. The number of hydrogen-bond acceptors (Lipinski definition) is 4. The molecule has 31 heavy (non-hydrogen) atoms. The van der Waals surface area contributed by atoms with E-state index in [1.807, 2.05) is 30.3 Å². The Morgan fingerprint density at radius 2 is 1.35 bits per heavy atom. The maximum atomic E-state index is 12.9. The lowest BCUT2D eigenvalue weighted by molar-refractivity contribution is -0.0458. The van der Waals surface area contributed by atoms with Gasteiger partial charge in [0, 0.05) is 25.7 Å². The Labute approximate surface area is 175 Å². The van der Waals surface area contributed by atoms with Crippen LogP contribution in [0.1, 0.15) is 11.1 Å². The first-order valence-electron chi connectivity index (χ1n) is 8.41. The third kappa shape index (κ3) is 5.52. The van der Waals surface area contributed by atoms with Crippen LogP contribution in [0.15, 0.2) is 54.6 Å². The molecule has 0 aliphatic heterocycles. The predicted octanol–water partition coefficient (Wildman–Crippen LogP) is 4.21. The van der Waals surface area contributed by atoms with Crippen molar-refractivity contribution in [2.24, 2.45) is 0 Å². The van der Waals surface area contributed by atoms with E-state index in [1.165, 1.54) is 12.1 Å². The van der Waals surface area contributed by atoms with E-state index in [4.69, 9.17) is 0 Å². The zero-order valence-electron chi connectivity index (χ0n) is 15.8. The van der Waals surface area contributed by atoms with E-state index < -0.39 is 41.3 Å². The second-order valence-electron chi connectivity index (χ2n) is 6.48. The van der Waals surface area contributed by atoms with Crippen LogP contribution in [-0.2, 0) is 32.6 Å². The van der Waals surface area contributed by atoms with Crippen molar-refractivity contribution in [2.75, 3.05) is 11.9 Å². The zero-order chi connectivity index (χ0) is 23.7. The molecule has 5 nitrogen and oxygen atoms in total. The van der Waals surface area contributed by atoms with E-state index in [-0.39, 0.29) is 5.56 Å². The highest BCUT2D eigenvalue weighted by atomic mass is 32.3. The Hall–Kier alpha value is -2.25. The summed E-state index contributed by atoms with van der Waals surface area (Å²) in [5.41, 5.74) is -11.1. The third-order valence-corrected chi connectivity index (χ3v) is 8.29. The summed E-state index contributed by atoms with van der Waals surface area (Å²) in [6.45, 7) is 0.443. The number of nitrogens with zero attached hydrogens (tertiary/aromatic N) is 1. The first-order valence-corrected chi connectivity index (χ1v) is 11.4. The van der Waals surface area contributed by atoms with E-state index in [2.05, 4.69) is 0 Å². The van der Waals surface area contributed by atoms with Crippen molar-refractivity contribution in [3.8, 4) is 0 Å². The van der Waals surface area contributed by atoms with Crippen LogP contribution >= 0.6 is 0 Å². The fourth-order valence-corrected chi connectivity index (χ4v) is 5.58. The van der Waals surface area contributed by atoms with Gasteiger partial charge in [-0.25, -0.2) is 12.6 Å². The molecule has 2 aromatic carbocycles. The van der Waals surface area contributed by atoms with Gasteiger partial charge in [-0.15, -0.1) is 0 Å². The summed E-state index contributed by atoms with van der Waals surface area (Å²) in [7, 11) is -11.5. The van der Waals surface area contributed by atoms with Gasteiger partial charge in [-0.3, -0.25) is 0 Å². The van der Waals surface area contributed by atoms with Crippen LogP contribution in [0, 0.1) is 0 Å². The summed E-state index contributed by atoms with van der Waals surface area (Å²) in [5.74, 6) is 0. The molecule has 0 aromatic heterocycles.